The van der Waals surface area contributed by atoms with Crippen molar-refractivity contribution >= 4 is 5.78 Å². The summed E-state index contributed by atoms with van der Waals surface area (Å²) in [6.07, 6.45) is 2.80. The molecule has 12 heavy (non-hydrogen) atoms. The Morgan fingerprint density at radius 1 is 1.33 bits per heavy atom. The van der Waals surface area contributed by atoms with Gasteiger partial charge in [-0.15, -0.1) is 0 Å². The molecule has 0 aliphatic carbocycles. The highest BCUT2D eigenvalue weighted by Gasteiger charge is 1.97. The lowest BCUT2D eigenvalue weighted by Gasteiger charge is -1.92. The van der Waals surface area contributed by atoms with Gasteiger partial charge in [0.15, 0.2) is 5.78 Å². The lowest BCUT2D eigenvalue weighted by Crippen LogP contribution is -1.93. The minimum Gasteiger partial charge on any atom is -0.392 e. The number of ketones is 1. The Kier molecular flexibility index (Phi) is 3.23. The van der Waals surface area contributed by atoms with Crippen molar-refractivity contribution in [2.45, 2.75) is 0 Å². The summed E-state index contributed by atoms with van der Waals surface area (Å²) in [4.78, 5) is 11.2. The van der Waals surface area contributed by atoms with E-state index in [9.17, 15) is 4.79 Å². The van der Waals surface area contributed by atoms with Gasteiger partial charge < -0.3 is 5.11 Å². The monoisotopic (exact) mass is 162 g/mol. The van der Waals surface area contributed by atoms with E-state index >= 15 is 0 Å². The van der Waals surface area contributed by atoms with E-state index in [1.54, 1.807) is 24.3 Å². The highest BCUT2D eigenvalue weighted by atomic mass is 16.2. The number of benzene rings is 1. The van der Waals surface area contributed by atoms with Crippen LogP contribution in [-0.2, 0) is 0 Å². The normalized spacial score (nSPS) is 10.4. The van der Waals surface area contributed by atoms with Crippen molar-refractivity contribution in [3.63, 3.8) is 0 Å². The molecule has 0 aliphatic rings. The molecule has 0 aliphatic heterocycles. The van der Waals surface area contributed by atoms with Crippen molar-refractivity contribution in [2.75, 3.05) is 6.61 Å². The molecule has 0 amide bonds. The van der Waals surface area contributed by atoms with Crippen LogP contribution in [0.5, 0.6) is 0 Å². The van der Waals surface area contributed by atoms with Crippen molar-refractivity contribution < 1.29 is 9.90 Å². The minimum absolute atomic E-state index is 0.0790. The number of carbonyl (C=O) groups excluding carboxylic acids is 1. The van der Waals surface area contributed by atoms with Gasteiger partial charge in [-0.05, 0) is 6.08 Å². The first kappa shape index (κ1) is 8.68. The lowest BCUT2D eigenvalue weighted by molar-refractivity contribution is 0.104. The summed E-state index contributed by atoms with van der Waals surface area (Å²) in [5.41, 5.74) is 0.641. The highest BCUT2D eigenvalue weighted by Crippen LogP contribution is 2.00. The maximum Gasteiger partial charge on any atom is 0.185 e. The average Bonchev–Trinajstić information content (AvgIpc) is 2.15. The van der Waals surface area contributed by atoms with Crippen molar-refractivity contribution in [1.29, 1.82) is 0 Å². The Labute approximate surface area is 71.2 Å². The third kappa shape index (κ3) is 2.32. The molecule has 1 aromatic rings. The van der Waals surface area contributed by atoms with Crippen LogP contribution in [0.1, 0.15) is 10.4 Å². The van der Waals surface area contributed by atoms with Crippen LogP contribution < -0.4 is 0 Å². The summed E-state index contributed by atoms with van der Waals surface area (Å²) < 4.78 is 0. The standard InChI is InChI=1S/C10H10O2/c11-8-4-7-10(12)9-5-2-1-3-6-9/h1-7,11H,8H2. The smallest absolute Gasteiger partial charge is 0.185 e. The minimum atomic E-state index is -0.0986. The molecular weight excluding hydrogens is 152 g/mol. The molecule has 0 spiro atoms. The van der Waals surface area contributed by atoms with E-state index in [0.717, 1.165) is 0 Å². The van der Waals surface area contributed by atoms with Crippen LogP contribution in [0.3, 0.4) is 0 Å². The highest BCUT2D eigenvalue weighted by molar-refractivity contribution is 6.04. The number of hydrogen-bond donors (Lipinski definition) is 1. The number of carbonyl (C=O) groups is 1. The molecule has 2 nitrogen and oxygen atoms in total. The van der Waals surface area contributed by atoms with E-state index in [-0.39, 0.29) is 12.4 Å². The molecule has 1 rings (SSSR count). The molecule has 0 atom stereocenters. The van der Waals surface area contributed by atoms with Crippen LogP contribution in [0, 0.1) is 0 Å². The van der Waals surface area contributed by atoms with Gasteiger partial charge >= 0.3 is 0 Å². The fraction of sp³-hybridized carbons (Fsp3) is 0.100. The Hall–Kier alpha value is -1.41. The summed E-state index contributed by atoms with van der Waals surface area (Å²) in [5.74, 6) is -0.0790. The van der Waals surface area contributed by atoms with Gasteiger partial charge in [0.05, 0.1) is 6.61 Å². The first-order valence-corrected chi connectivity index (χ1v) is 3.71. The maximum atomic E-state index is 11.2. The second-order valence-electron chi connectivity index (χ2n) is 2.32. The molecule has 0 heterocycles. The van der Waals surface area contributed by atoms with Gasteiger partial charge in [-0.3, -0.25) is 4.79 Å². The van der Waals surface area contributed by atoms with Gasteiger partial charge in [-0.1, -0.05) is 36.4 Å². The average molecular weight is 162 g/mol. The summed E-state index contributed by atoms with van der Waals surface area (Å²) >= 11 is 0. The second-order valence-corrected chi connectivity index (χ2v) is 2.32. The lowest BCUT2D eigenvalue weighted by atomic mass is 10.1. The molecule has 0 bridgehead atoms. The Morgan fingerprint density at radius 3 is 2.58 bits per heavy atom. The third-order valence-electron chi connectivity index (χ3n) is 1.43. The van der Waals surface area contributed by atoms with E-state index in [2.05, 4.69) is 0 Å². The molecular formula is C10H10O2. The second kappa shape index (κ2) is 4.46. The van der Waals surface area contributed by atoms with Gasteiger partial charge in [0.2, 0.25) is 0 Å². The Balaban J connectivity index is 2.72. The van der Waals surface area contributed by atoms with Crippen molar-refractivity contribution in [3.05, 3.63) is 48.0 Å². The van der Waals surface area contributed by atoms with Gasteiger partial charge in [0.1, 0.15) is 0 Å². The molecule has 0 unspecified atom stereocenters. The van der Waals surface area contributed by atoms with Crippen LogP contribution >= 0.6 is 0 Å². The first-order chi connectivity index (χ1) is 5.84. The van der Waals surface area contributed by atoms with Gasteiger partial charge in [-0.25, -0.2) is 0 Å². The molecule has 0 radical (unpaired) electrons. The number of allylic oxidation sites excluding steroid dienone is 1. The van der Waals surface area contributed by atoms with Crippen LogP contribution in [0.4, 0.5) is 0 Å². The number of aliphatic hydroxyl groups excluding tert-OH is 1. The summed E-state index contributed by atoms with van der Waals surface area (Å²) in [6, 6.07) is 8.95. The Morgan fingerprint density at radius 2 is 2.00 bits per heavy atom. The Bertz CT molecular complexity index is 275. The maximum absolute atomic E-state index is 11.2. The van der Waals surface area contributed by atoms with E-state index in [4.69, 9.17) is 5.11 Å². The molecule has 0 saturated carbocycles. The largest absolute Gasteiger partial charge is 0.392 e. The fourth-order valence-electron chi connectivity index (χ4n) is 0.858. The molecule has 1 aromatic carbocycles. The summed E-state index contributed by atoms with van der Waals surface area (Å²) in [6.45, 7) is -0.0986. The SMILES string of the molecule is O=C(C=CCO)c1ccccc1. The van der Waals surface area contributed by atoms with E-state index in [1.165, 1.54) is 12.2 Å². The third-order valence-corrected chi connectivity index (χ3v) is 1.43. The zero-order chi connectivity index (χ0) is 8.81. The quantitative estimate of drug-likeness (QED) is 0.539. The predicted molar refractivity (Wildman–Crippen MR) is 47.0 cm³/mol. The van der Waals surface area contributed by atoms with E-state index in [0.29, 0.717) is 5.56 Å². The number of rotatable bonds is 3. The molecule has 2 heteroatoms. The van der Waals surface area contributed by atoms with E-state index < -0.39 is 0 Å². The number of hydrogen-bond acceptors (Lipinski definition) is 2. The molecule has 0 aromatic heterocycles. The fourth-order valence-corrected chi connectivity index (χ4v) is 0.858. The predicted octanol–water partition coefficient (Wildman–Crippen LogP) is 1.42. The van der Waals surface area contributed by atoms with Crippen molar-refractivity contribution in [1.82, 2.24) is 0 Å². The van der Waals surface area contributed by atoms with Crippen molar-refractivity contribution in [2.24, 2.45) is 0 Å². The summed E-state index contributed by atoms with van der Waals surface area (Å²) in [7, 11) is 0. The molecule has 0 fully saturated rings. The zero-order valence-electron chi connectivity index (χ0n) is 6.60. The van der Waals surface area contributed by atoms with Crippen LogP contribution in [0.15, 0.2) is 42.5 Å². The molecule has 1 N–H and O–H groups in total. The van der Waals surface area contributed by atoms with Crippen molar-refractivity contribution in [3.8, 4) is 0 Å². The van der Waals surface area contributed by atoms with E-state index in [1.807, 2.05) is 6.07 Å². The van der Waals surface area contributed by atoms with Crippen LogP contribution in [-0.4, -0.2) is 17.5 Å². The first-order valence-electron chi connectivity index (χ1n) is 3.71. The summed E-state index contributed by atoms with van der Waals surface area (Å²) in [5, 5.41) is 8.42. The van der Waals surface area contributed by atoms with Gasteiger partial charge in [-0.2, -0.15) is 0 Å². The van der Waals surface area contributed by atoms with Gasteiger partial charge in [0, 0.05) is 5.56 Å². The molecule has 0 saturated heterocycles. The molecule has 62 valence electrons. The zero-order valence-corrected chi connectivity index (χ0v) is 6.60. The number of aliphatic hydroxyl groups is 1. The topological polar surface area (TPSA) is 37.3 Å². The van der Waals surface area contributed by atoms with Crippen LogP contribution in [0.25, 0.3) is 0 Å². The van der Waals surface area contributed by atoms with Gasteiger partial charge in [0.25, 0.3) is 0 Å². The van der Waals surface area contributed by atoms with Crippen LogP contribution in [0.2, 0.25) is 0 Å².